The predicted molar refractivity (Wildman–Crippen MR) is 69.9 cm³/mol. The molecule has 1 aliphatic rings. The summed E-state index contributed by atoms with van der Waals surface area (Å²) in [6.45, 7) is 7.25. The fourth-order valence-electron chi connectivity index (χ4n) is 2.90. The molecular formula is C14H27NO2. The van der Waals surface area contributed by atoms with E-state index in [0.29, 0.717) is 6.54 Å². The Morgan fingerprint density at radius 2 is 1.94 bits per heavy atom. The number of aliphatic hydroxyl groups is 1. The summed E-state index contributed by atoms with van der Waals surface area (Å²) < 4.78 is 0. The van der Waals surface area contributed by atoms with Gasteiger partial charge in [-0.05, 0) is 52.5 Å². The van der Waals surface area contributed by atoms with E-state index in [1.54, 1.807) is 13.8 Å². The molecule has 0 amide bonds. The lowest BCUT2D eigenvalue weighted by molar-refractivity contribution is -0.120. The molecule has 1 aliphatic carbocycles. The van der Waals surface area contributed by atoms with Crippen molar-refractivity contribution >= 4 is 6.29 Å². The maximum absolute atomic E-state index is 11.4. The molecule has 100 valence electrons. The monoisotopic (exact) mass is 241 g/mol. The largest absolute Gasteiger partial charge is 0.389 e. The summed E-state index contributed by atoms with van der Waals surface area (Å²) in [4.78, 5) is 13.5. The smallest absolute Gasteiger partial charge is 0.127 e. The van der Waals surface area contributed by atoms with Gasteiger partial charge in [-0.1, -0.05) is 6.92 Å². The number of nitrogens with zero attached hydrogens (tertiary/aromatic N) is 1. The highest BCUT2D eigenvalue weighted by atomic mass is 16.3. The third kappa shape index (κ3) is 4.76. The standard InChI is InChI=1S/C14H27NO2/c1-12-5-7-14(11-16,8-6-12)10-15(4)9-13(2,3)17/h11-12,17H,5-10H2,1-4H3. The summed E-state index contributed by atoms with van der Waals surface area (Å²) in [5, 5.41) is 9.79. The first-order chi connectivity index (χ1) is 7.76. The fourth-order valence-corrected chi connectivity index (χ4v) is 2.90. The number of aldehydes is 1. The maximum Gasteiger partial charge on any atom is 0.127 e. The Hall–Kier alpha value is -0.410. The molecule has 0 aromatic rings. The molecular weight excluding hydrogens is 214 g/mol. The zero-order valence-corrected chi connectivity index (χ0v) is 11.7. The van der Waals surface area contributed by atoms with Gasteiger partial charge in [-0.15, -0.1) is 0 Å². The van der Waals surface area contributed by atoms with Crippen LogP contribution in [0.5, 0.6) is 0 Å². The molecule has 0 bridgehead atoms. The zero-order chi connectivity index (χ0) is 13.1. The van der Waals surface area contributed by atoms with E-state index in [9.17, 15) is 9.90 Å². The van der Waals surface area contributed by atoms with Crippen LogP contribution in [-0.4, -0.2) is 42.0 Å². The molecule has 3 heteroatoms. The van der Waals surface area contributed by atoms with Gasteiger partial charge in [0.05, 0.1) is 5.60 Å². The van der Waals surface area contributed by atoms with Crippen molar-refractivity contribution in [3.05, 3.63) is 0 Å². The Balaban J connectivity index is 2.54. The minimum Gasteiger partial charge on any atom is -0.389 e. The second-order valence-corrected chi connectivity index (χ2v) is 6.65. The van der Waals surface area contributed by atoms with Crippen LogP contribution >= 0.6 is 0 Å². The number of rotatable bonds is 5. The third-order valence-corrected chi connectivity index (χ3v) is 3.76. The first-order valence-electron chi connectivity index (χ1n) is 6.64. The van der Waals surface area contributed by atoms with Gasteiger partial charge >= 0.3 is 0 Å². The molecule has 0 aromatic carbocycles. The number of likely N-dealkylation sites (N-methyl/N-ethyl adjacent to an activating group) is 1. The van der Waals surface area contributed by atoms with Gasteiger partial charge in [-0.3, -0.25) is 0 Å². The Labute approximate surface area is 105 Å². The lowest BCUT2D eigenvalue weighted by atomic mass is 9.71. The van der Waals surface area contributed by atoms with Gasteiger partial charge in [0.1, 0.15) is 6.29 Å². The van der Waals surface area contributed by atoms with Crippen molar-refractivity contribution in [1.82, 2.24) is 4.90 Å². The Morgan fingerprint density at radius 3 is 2.35 bits per heavy atom. The Kier molecular flexibility index (Phi) is 4.73. The van der Waals surface area contributed by atoms with Crippen molar-refractivity contribution in [3.63, 3.8) is 0 Å². The number of hydrogen-bond acceptors (Lipinski definition) is 3. The molecule has 0 heterocycles. The molecule has 1 fully saturated rings. The van der Waals surface area contributed by atoms with E-state index in [4.69, 9.17) is 0 Å². The summed E-state index contributed by atoms with van der Waals surface area (Å²) in [5.41, 5.74) is -0.868. The molecule has 0 radical (unpaired) electrons. The molecule has 1 N–H and O–H groups in total. The van der Waals surface area contributed by atoms with Crippen LogP contribution in [0.1, 0.15) is 46.5 Å². The molecule has 0 atom stereocenters. The van der Waals surface area contributed by atoms with E-state index >= 15 is 0 Å². The van der Waals surface area contributed by atoms with Gasteiger partial charge in [0.2, 0.25) is 0 Å². The molecule has 0 aliphatic heterocycles. The highest BCUT2D eigenvalue weighted by Crippen LogP contribution is 2.37. The topological polar surface area (TPSA) is 40.5 Å². The molecule has 0 unspecified atom stereocenters. The van der Waals surface area contributed by atoms with Crippen molar-refractivity contribution in [1.29, 1.82) is 0 Å². The molecule has 1 saturated carbocycles. The third-order valence-electron chi connectivity index (χ3n) is 3.76. The minimum atomic E-state index is -0.694. The highest BCUT2D eigenvalue weighted by Gasteiger charge is 2.35. The molecule has 0 saturated heterocycles. The normalized spacial score (nSPS) is 30.6. The Morgan fingerprint density at radius 1 is 1.41 bits per heavy atom. The van der Waals surface area contributed by atoms with Gasteiger partial charge in [0.15, 0.2) is 0 Å². The molecule has 1 rings (SSSR count). The van der Waals surface area contributed by atoms with E-state index in [1.807, 2.05) is 7.05 Å². The van der Waals surface area contributed by atoms with E-state index < -0.39 is 5.60 Å². The number of carbonyl (C=O) groups is 1. The number of hydrogen-bond donors (Lipinski definition) is 1. The molecule has 0 aromatic heterocycles. The van der Waals surface area contributed by atoms with E-state index in [0.717, 1.165) is 44.4 Å². The quantitative estimate of drug-likeness (QED) is 0.749. The second-order valence-electron chi connectivity index (χ2n) is 6.65. The maximum atomic E-state index is 11.4. The van der Waals surface area contributed by atoms with Gasteiger partial charge < -0.3 is 14.8 Å². The average molecular weight is 241 g/mol. The van der Waals surface area contributed by atoms with E-state index in [1.165, 1.54) is 0 Å². The summed E-state index contributed by atoms with van der Waals surface area (Å²) >= 11 is 0. The molecule has 3 nitrogen and oxygen atoms in total. The van der Waals surface area contributed by atoms with Crippen molar-refractivity contribution in [2.45, 2.75) is 52.1 Å². The predicted octanol–water partition coefficient (Wildman–Crippen LogP) is 2.08. The second kappa shape index (κ2) is 5.49. The summed E-state index contributed by atoms with van der Waals surface area (Å²) in [5.74, 6) is 0.752. The minimum absolute atomic E-state index is 0.174. The van der Waals surface area contributed by atoms with Crippen LogP contribution in [0.25, 0.3) is 0 Å². The van der Waals surface area contributed by atoms with E-state index in [-0.39, 0.29) is 5.41 Å². The van der Waals surface area contributed by atoms with Gasteiger partial charge in [0.25, 0.3) is 0 Å². The number of carbonyl (C=O) groups excluding carboxylic acids is 1. The van der Waals surface area contributed by atoms with Crippen LogP contribution < -0.4 is 0 Å². The van der Waals surface area contributed by atoms with E-state index in [2.05, 4.69) is 11.8 Å². The Bertz CT molecular complexity index is 249. The van der Waals surface area contributed by atoms with Crippen LogP contribution in [0.3, 0.4) is 0 Å². The van der Waals surface area contributed by atoms with Crippen LogP contribution in [0, 0.1) is 11.3 Å². The highest BCUT2D eigenvalue weighted by molar-refractivity contribution is 5.60. The van der Waals surface area contributed by atoms with Crippen molar-refractivity contribution in [3.8, 4) is 0 Å². The van der Waals surface area contributed by atoms with Crippen LogP contribution in [0.2, 0.25) is 0 Å². The lowest BCUT2D eigenvalue weighted by Gasteiger charge is -2.39. The van der Waals surface area contributed by atoms with Crippen molar-refractivity contribution < 1.29 is 9.90 Å². The first kappa shape index (κ1) is 14.7. The van der Waals surface area contributed by atoms with Gasteiger partial charge in [-0.25, -0.2) is 0 Å². The van der Waals surface area contributed by atoms with Crippen molar-refractivity contribution in [2.75, 3.05) is 20.1 Å². The van der Waals surface area contributed by atoms with Crippen LogP contribution in [-0.2, 0) is 4.79 Å². The SMILES string of the molecule is CC1CCC(C=O)(CN(C)CC(C)(C)O)CC1. The molecule has 0 spiro atoms. The van der Waals surface area contributed by atoms with Gasteiger partial charge in [0, 0.05) is 18.5 Å². The lowest BCUT2D eigenvalue weighted by Crippen LogP contribution is -2.44. The summed E-state index contributed by atoms with van der Waals surface area (Å²) in [6, 6.07) is 0. The zero-order valence-electron chi connectivity index (χ0n) is 11.7. The summed E-state index contributed by atoms with van der Waals surface area (Å²) in [6.07, 6.45) is 5.44. The average Bonchev–Trinajstić information content (AvgIpc) is 2.19. The summed E-state index contributed by atoms with van der Waals surface area (Å²) in [7, 11) is 1.99. The molecule has 17 heavy (non-hydrogen) atoms. The van der Waals surface area contributed by atoms with Crippen LogP contribution in [0.15, 0.2) is 0 Å². The van der Waals surface area contributed by atoms with Crippen molar-refractivity contribution in [2.24, 2.45) is 11.3 Å². The first-order valence-corrected chi connectivity index (χ1v) is 6.64. The van der Waals surface area contributed by atoms with Crippen LogP contribution in [0.4, 0.5) is 0 Å². The fraction of sp³-hybridized carbons (Fsp3) is 0.929. The van der Waals surface area contributed by atoms with Gasteiger partial charge in [-0.2, -0.15) is 0 Å².